The molecular formula is C31H45ClN2O5S. The van der Waals surface area contributed by atoms with Crippen LogP contribution in [0.15, 0.2) is 46.9 Å². The van der Waals surface area contributed by atoms with E-state index in [-0.39, 0.29) is 31.2 Å². The Hall–Kier alpha value is -2.55. The molecule has 0 aliphatic heterocycles. The molecule has 0 aliphatic carbocycles. The molecule has 40 heavy (non-hydrogen) atoms. The predicted molar refractivity (Wildman–Crippen MR) is 167 cm³/mol. The fraction of sp³-hybridized carbons (Fsp3) is 0.516. The maximum atomic E-state index is 13.7. The number of nitrogens with zero attached hydrogens (tertiary/aromatic N) is 1. The lowest BCUT2D eigenvalue weighted by Gasteiger charge is -2.21. The number of nitrogens with one attached hydrogen (secondary N) is 1. The number of carbonyl (C=O) groups is 1. The molecule has 0 spiro atoms. The maximum absolute atomic E-state index is 13.7. The first-order valence-corrected chi connectivity index (χ1v) is 15.9. The molecule has 7 nitrogen and oxygen atoms in total. The summed E-state index contributed by atoms with van der Waals surface area (Å²) in [6, 6.07) is 11.8. The normalized spacial score (nSPS) is 12.6. The molecule has 1 aromatic heterocycles. The van der Waals surface area contributed by atoms with Crippen LogP contribution in [0, 0.1) is 0 Å². The second-order valence-corrected chi connectivity index (χ2v) is 11.6. The van der Waals surface area contributed by atoms with Crippen LogP contribution in [0.2, 0.25) is 0 Å². The molecule has 1 N–H and O–H groups in total. The summed E-state index contributed by atoms with van der Waals surface area (Å²) < 4.78 is 55.1. The van der Waals surface area contributed by atoms with E-state index < -0.39 is 16.5 Å². The summed E-state index contributed by atoms with van der Waals surface area (Å²) in [5.74, 6) is 0.937. The molecule has 0 atom stereocenters. The molecule has 3 rings (SSSR count). The first kappa shape index (κ1) is 30.4. The van der Waals surface area contributed by atoms with Crippen molar-refractivity contribution in [2.45, 2.75) is 72.1 Å². The molecule has 0 aliphatic rings. The Balaban J connectivity index is 0.00000616. The van der Waals surface area contributed by atoms with E-state index in [0.717, 1.165) is 57.9 Å². The topological polar surface area (TPSA) is 88.8 Å². The number of unbranched alkanes of at least 4 members (excludes halogenated alkanes) is 3. The van der Waals surface area contributed by atoms with Crippen LogP contribution in [0.5, 0.6) is 5.75 Å². The fourth-order valence-corrected chi connectivity index (χ4v) is 4.93. The molecule has 0 bridgehead atoms. The first-order chi connectivity index (χ1) is 19.5. The Labute approximate surface area is 248 Å². The van der Waals surface area contributed by atoms with Crippen molar-refractivity contribution in [3.05, 3.63) is 59.4 Å². The molecule has 0 saturated carbocycles. The Bertz CT molecular complexity index is 1390. The summed E-state index contributed by atoms with van der Waals surface area (Å²) in [5.41, 5.74) is 1.79. The van der Waals surface area contributed by atoms with Crippen LogP contribution in [0.3, 0.4) is 0 Å². The van der Waals surface area contributed by atoms with E-state index in [0.29, 0.717) is 45.7 Å². The Morgan fingerprint density at radius 2 is 1.62 bits per heavy atom. The van der Waals surface area contributed by atoms with Gasteiger partial charge in [0.1, 0.15) is 17.1 Å². The van der Waals surface area contributed by atoms with E-state index >= 15 is 0 Å². The van der Waals surface area contributed by atoms with Crippen molar-refractivity contribution in [3.8, 4) is 5.75 Å². The number of hydrogen-bond donors (Lipinski definition) is 1. The Kier molecular flexibility index (Phi) is 12.7. The third-order valence-corrected chi connectivity index (χ3v) is 7.04. The summed E-state index contributed by atoms with van der Waals surface area (Å²) in [6.45, 7) is 6.51. The molecule has 1 heterocycles. The predicted octanol–water partition coefficient (Wildman–Crippen LogP) is 7.47. The van der Waals surface area contributed by atoms with Gasteiger partial charge in [0.25, 0.3) is 0 Å². The number of fused-ring (bicyclic) bond motifs is 1. The third kappa shape index (κ3) is 10.1. The van der Waals surface area contributed by atoms with Gasteiger partial charge in [0.15, 0.2) is 5.78 Å². The number of benzene rings is 2. The fourth-order valence-electron chi connectivity index (χ4n) is 4.38. The zero-order valence-corrected chi connectivity index (χ0v) is 25.8. The van der Waals surface area contributed by atoms with Crippen molar-refractivity contribution in [2.24, 2.45) is 0 Å². The number of ketones is 1. The standard InChI is InChI=1S/C31H44N2O5S.ClH/c1-5-8-12-29-30(27-23-25(32-39(4,35)36)15-18-28(27)38-29)31(34)24-13-16-26(17-14-24)37-22-11-21-33(19-9-6-2)20-10-7-3;/h13-18,23,32H,5-12,19-22H2,1-4H3;1H/i21D2;. The Morgan fingerprint density at radius 3 is 2.23 bits per heavy atom. The van der Waals surface area contributed by atoms with Gasteiger partial charge in [0, 0.05) is 32.3 Å². The van der Waals surface area contributed by atoms with E-state index in [2.05, 4.69) is 25.5 Å². The second-order valence-electron chi connectivity index (χ2n) is 9.89. The highest BCUT2D eigenvalue weighted by atomic mass is 35.5. The number of sulfonamides is 1. The molecule has 3 aromatic rings. The van der Waals surface area contributed by atoms with E-state index in [1.807, 2.05) is 4.90 Å². The highest BCUT2D eigenvalue weighted by Crippen LogP contribution is 2.32. The molecule has 0 fully saturated rings. The van der Waals surface area contributed by atoms with E-state index in [1.54, 1.807) is 42.5 Å². The van der Waals surface area contributed by atoms with Gasteiger partial charge in [0.05, 0.1) is 18.4 Å². The van der Waals surface area contributed by atoms with Crippen molar-refractivity contribution in [2.75, 3.05) is 37.2 Å². The number of furan rings is 1. The monoisotopic (exact) mass is 594 g/mol. The summed E-state index contributed by atoms with van der Waals surface area (Å²) in [5, 5.41) is 0.563. The van der Waals surface area contributed by atoms with Crippen molar-refractivity contribution >= 4 is 44.9 Å². The number of ether oxygens (including phenoxy) is 1. The minimum atomic E-state index is -3.48. The molecule has 2 aromatic carbocycles. The van der Waals surface area contributed by atoms with Crippen LogP contribution in [0.4, 0.5) is 5.69 Å². The minimum absolute atomic E-state index is 0. The summed E-state index contributed by atoms with van der Waals surface area (Å²) in [7, 11) is -3.48. The Morgan fingerprint density at radius 1 is 0.975 bits per heavy atom. The van der Waals surface area contributed by atoms with Gasteiger partial charge in [-0.1, -0.05) is 40.0 Å². The summed E-state index contributed by atoms with van der Waals surface area (Å²) >= 11 is 0. The number of carbonyl (C=O) groups excluding carboxylic acids is 1. The molecule has 0 radical (unpaired) electrons. The third-order valence-electron chi connectivity index (χ3n) is 6.43. The van der Waals surface area contributed by atoms with Gasteiger partial charge >= 0.3 is 0 Å². The lowest BCUT2D eigenvalue weighted by molar-refractivity contribution is 0.103. The molecule has 0 saturated heterocycles. The van der Waals surface area contributed by atoms with Crippen LogP contribution >= 0.6 is 12.4 Å². The van der Waals surface area contributed by atoms with Crippen LogP contribution in [0.1, 0.15) is 90.1 Å². The van der Waals surface area contributed by atoms with Gasteiger partial charge in [0.2, 0.25) is 10.0 Å². The van der Waals surface area contributed by atoms with Crippen molar-refractivity contribution in [1.82, 2.24) is 4.90 Å². The first-order valence-electron chi connectivity index (χ1n) is 15.0. The molecule has 222 valence electrons. The summed E-state index contributed by atoms with van der Waals surface area (Å²) in [4.78, 5) is 15.6. The number of rotatable bonds is 18. The summed E-state index contributed by atoms with van der Waals surface area (Å²) in [6.07, 6.45) is 7.67. The number of hydrogen-bond acceptors (Lipinski definition) is 6. The number of aryl methyl sites for hydroxylation is 1. The van der Waals surface area contributed by atoms with Gasteiger partial charge in [-0.3, -0.25) is 9.52 Å². The van der Waals surface area contributed by atoms with Gasteiger partial charge in [-0.2, -0.15) is 0 Å². The highest BCUT2D eigenvalue weighted by Gasteiger charge is 2.22. The van der Waals surface area contributed by atoms with Gasteiger partial charge in [-0.25, -0.2) is 8.42 Å². The van der Waals surface area contributed by atoms with Gasteiger partial charge < -0.3 is 14.1 Å². The van der Waals surface area contributed by atoms with Crippen LogP contribution < -0.4 is 9.46 Å². The van der Waals surface area contributed by atoms with Crippen molar-refractivity contribution in [1.29, 1.82) is 0 Å². The quantitative estimate of drug-likeness (QED) is 0.154. The highest BCUT2D eigenvalue weighted by molar-refractivity contribution is 7.92. The van der Waals surface area contributed by atoms with Crippen molar-refractivity contribution in [3.63, 3.8) is 0 Å². The van der Waals surface area contributed by atoms with E-state index in [1.165, 1.54) is 0 Å². The molecular weight excluding hydrogens is 548 g/mol. The molecule has 0 amide bonds. The lowest BCUT2D eigenvalue weighted by atomic mass is 9.98. The molecule has 9 heteroatoms. The number of anilines is 1. The smallest absolute Gasteiger partial charge is 0.229 e. The largest absolute Gasteiger partial charge is 0.494 e. The minimum Gasteiger partial charge on any atom is -0.494 e. The zero-order valence-electron chi connectivity index (χ0n) is 26.1. The van der Waals surface area contributed by atoms with Crippen LogP contribution in [-0.2, 0) is 16.4 Å². The maximum Gasteiger partial charge on any atom is 0.229 e. The molecule has 0 unspecified atom stereocenters. The second kappa shape index (κ2) is 16.7. The van der Waals surface area contributed by atoms with Crippen LogP contribution in [0.25, 0.3) is 11.0 Å². The lowest BCUT2D eigenvalue weighted by Crippen LogP contribution is -2.28. The van der Waals surface area contributed by atoms with Gasteiger partial charge in [-0.05, 0) is 81.2 Å². The van der Waals surface area contributed by atoms with Gasteiger partial charge in [-0.15, -0.1) is 12.4 Å². The zero-order chi connectivity index (χ0) is 30.0. The SMILES string of the molecule is Cl.[2H]C([2H])(CCOc1ccc(C(=O)c2c(CCCC)oc3ccc(NS(C)(=O)=O)cc23)cc1)N(CCCC)CCCC. The van der Waals surface area contributed by atoms with Crippen LogP contribution in [-0.4, -0.2) is 51.5 Å². The average molecular weight is 595 g/mol. The van der Waals surface area contributed by atoms with Crippen molar-refractivity contribution < 1.29 is 25.1 Å². The number of halogens is 1. The van der Waals surface area contributed by atoms with E-state index in [9.17, 15) is 13.2 Å². The average Bonchev–Trinajstić information content (AvgIpc) is 3.28. The van der Waals surface area contributed by atoms with E-state index in [4.69, 9.17) is 11.9 Å².